The number of hydrogen-bond acceptors (Lipinski definition) is 3. The van der Waals surface area contributed by atoms with Gasteiger partial charge in [-0.1, -0.05) is 44.2 Å². The third kappa shape index (κ3) is 3.72. The van der Waals surface area contributed by atoms with Crippen LogP contribution >= 0.6 is 0 Å². The minimum atomic E-state index is 0.472. The number of benzene rings is 3. The third-order valence-corrected chi connectivity index (χ3v) is 4.84. The summed E-state index contributed by atoms with van der Waals surface area (Å²) in [5.74, 6) is 1.94. The van der Waals surface area contributed by atoms with E-state index >= 15 is 0 Å². The molecule has 0 fully saturated rings. The molecule has 3 aromatic carbocycles. The van der Waals surface area contributed by atoms with Crippen LogP contribution in [-0.4, -0.2) is 4.98 Å². The Labute approximate surface area is 159 Å². The van der Waals surface area contributed by atoms with Crippen molar-refractivity contribution in [1.82, 2.24) is 4.98 Å². The van der Waals surface area contributed by atoms with Crippen molar-refractivity contribution in [1.29, 1.82) is 0 Å². The molecule has 0 aliphatic carbocycles. The molecule has 0 bridgehead atoms. The van der Waals surface area contributed by atoms with Crippen LogP contribution in [0.4, 0.5) is 0 Å². The van der Waals surface area contributed by atoms with Gasteiger partial charge in [0.05, 0.1) is 0 Å². The number of hydrogen-bond donors (Lipinski definition) is 0. The summed E-state index contributed by atoms with van der Waals surface area (Å²) < 4.78 is 11.8. The van der Waals surface area contributed by atoms with Crippen molar-refractivity contribution in [3.05, 3.63) is 83.4 Å². The van der Waals surface area contributed by atoms with Gasteiger partial charge in [-0.2, -0.15) is 0 Å². The molecule has 0 saturated heterocycles. The first kappa shape index (κ1) is 17.3. The Hall–Kier alpha value is -3.07. The highest BCUT2D eigenvalue weighted by Gasteiger charge is 2.10. The zero-order valence-corrected chi connectivity index (χ0v) is 15.9. The molecule has 0 saturated carbocycles. The van der Waals surface area contributed by atoms with Crippen LogP contribution in [-0.2, 0) is 6.61 Å². The molecule has 0 spiro atoms. The fraction of sp³-hybridized carbons (Fsp3) is 0.208. The number of rotatable bonds is 5. The molecule has 0 aliphatic rings. The monoisotopic (exact) mass is 357 g/mol. The van der Waals surface area contributed by atoms with Gasteiger partial charge in [0.2, 0.25) is 5.89 Å². The number of oxazole rings is 1. The molecule has 0 unspecified atom stereocenters. The largest absolute Gasteiger partial charge is 0.489 e. The van der Waals surface area contributed by atoms with Gasteiger partial charge in [-0.25, -0.2) is 4.98 Å². The second-order valence-electron chi connectivity index (χ2n) is 7.14. The molecule has 27 heavy (non-hydrogen) atoms. The van der Waals surface area contributed by atoms with E-state index in [4.69, 9.17) is 9.15 Å². The van der Waals surface area contributed by atoms with Gasteiger partial charge >= 0.3 is 0 Å². The number of fused-ring (bicyclic) bond motifs is 1. The summed E-state index contributed by atoms with van der Waals surface area (Å²) in [6.45, 7) is 7.02. The topological polar surface area (TPSA) is 35.3 Å². The molecule has 3 nitrogen and oxygen atoms in total. The predicted molar refractivity (Wildman–Crippen MR) is 109 cm³/mol. The second-order valence-corrected chi connectivity index (χ2v) is 7.14. The SMILES string of the molecule is Cc1ccccc1COc1ccc(-c2nc3cc(C(C)C)ccc3o2)cc1. The van der Waals surface area contributed by atoms with E-state index in [-0.39, 0.29) is 0 Å². The quantitative estimate of drug-likeness (QED) is 0.408. The van der Waals surface area contributed by atoms with Crippen LogP contribution in [0, 0.1) is 6.92 Å². The Bertz CT molecular complexity index is 1060. The fourth-order valence-electron chi connectivity index (χ4n) is 3.05. The summed E-state index contributed by atoms with van der Waals surface area (Å²) in [5.41, 5.74) is 6.36. The van der Waals surface area contributed by atoms with E-state index in [1.54, 1.807) is 0 Å². The smallest absolute Gasteiger partial charge is 0.227 e. The summed E-state index contributed by atoms with van der Waals surface area (Å²) in [5, 5.41) is 0. The number of aryl methyl sites for hydroxylation is 1. The average molecular weight is 357 g/mol. The lowest BCUT2D eigenvalue weighted by molar-refractivity contribution is 0.305. The molecule has 1 heterocycles. The van der Waals surface area contributed by atoms with Crippen LogP contribution in [0.5, 0.6) is 5.75 Å². The molecule has 1 aromatic heterocycles. The summed E-state index contributed by atoms with van der Waals surface area (Å²) >= 11 is 0. The van der Waals surface area contributed by atoms with Crippen molar-refractivity contribution in [2.75, 3.05) is 0 Å². The highest BCUT2D eigenvalue weighted by Crippen LogP contribution is 2.28. The van der Waals surface area contributed by atoms with Gasteiger partial charge in [-0.15, -0.1) is 0 Å². The Balaban J connectivity index is 1.52. The molecule has 0 aliphatic heterocycles. The lowest BCUT2D eigenvalue weighted by atomic mass is 10.0. The lowest BCUT2D eigenvalue weighted by Gasteiger charge is -2.08. The first-order chi connectivity index (χ1) is 13.1. The van der Waals surface area contributed by atoms with Gasteiger partial charge in [0.15, 0.2) is 5.58 Å². The number of aromatic nitrogens is 1. The summed E-state index contributed by atoms with van der Waals surface area (Å²) in [7, 11) is 0. The van der Waals surface area contributed by atoms with Crippen molar-refractivity contribution in [3.63, 3.8) is 0 Å². The first-order valence-electron chi connectivity index (χ1n) is 9.28. The number of nitrogens with zero attached hydrogens (tertiary/aromatic N) is 1. The zero-order chi connectivity index (χ0) is 18.8. The van der Waals surface area contributed by atoms with Gasteiger partial charge in [0.25, 0.3) is 0 Å². The Morgan fingerprint density at radius 2 is 1.74 bits per heavy atom. The molecule has 3 heteroatoms. The molecule has 0 amide bonds. The van der Waals surface area contributed by atoms with Gasteiger partial charge in [-0.05, 0) is 65.9 Å². The van der Waals surface area contributed by atoms with Crippen LogP contribution in [0.2, 0.25) is 0 Å². The molecule has 0 N–H and O–H groups in total. The molecule has 0 atom stereocenters. The van der Waals surface area contributed by atoms with E-state index in [1.807, 2.05) is 42.5 Å². The Kier molecular flexibility index (Phi) is 4.68. The predicted octanol–water partition coefficient (Wildman–Crippen LogP) is 6.51. The van der Waals surface area contributed by atoms with Crippen LogP contribution in [0.1, 0.15) is 36.5 Å². The normalized spacial score (nSPS) is 11.3. The maximum absolute atomic E-state index is 5.92. The summed E-state index contributed by atoms with van der Waals surface area (Å²) in [6.07, 6.45) is 0. The molecular formula is C24H23NO2. The van der Waals surface area contributed by atoms with Gasteiger partial charge in [-0.3, -0.25) is 0 Å². The van der Waals surface area contributed by atoms with Crippen molar-refractivity contribution in [2.24, 2.45) is 0 Å². The molecule has 4 aromatic rings. The third-order valence-electron chi connectivity index (χ3n) is 4.84. The molecule has 4 rings (SSSR count). The minimum absolute atomic E-state index is 0.472. The van der Waals surface area contributed by atoms with Crippen molar-refractivity contribution in [3.8, 4) is 17.2 Å². The molecular weight excluding hydrogens is 334 g/mol. The lowest BCUT2D eigenvalue weighted by Crippen LogP contribution is -1.97. The molecule has 136 valence electrons. The maximum Gasteiger partial charge on any atom is 0.227 e. The van der Waals surface area contributed by atoms with E-state index in [9.17, 15) is 0 Å². The van der Waals surface area contributed by atoms with E-state index in [1.165, 1.54) is 16.7 Å². The van der Waals surface area contributed by atoms with Crippen molar-refractivity contribution < 1.29 is 9.15 Å². The summed E-state index contributed by atoms with van der Waals surface area (Å²) in [4.78, 5) is 4.65. The summed E-state index contributed by atoms with van der Waals surface area (Å²) in [6, 6.07) is 22.4. The van der Waals surface area contributed by atoms with E-state index < -0.39 is 0 Å². The van der Waals surface area contributed by atoms with Crippen LogP contribution in [0.3, 0.4) is 0 Å². The van der Waals surface area contributed by atoms with E-state index in [0.29, 0.717) is 18.4 Å². The van der Waals surface area contributed by atoms with E-state index in [2.05, 4.69) is 50.0 Å². The maximum atomic E-state index is 5.92. The Morgan fingerprint density at radius 1 is 0.963 bits per heavy atom. The number of ether oxygens (including phenoxy) is 1. The van der Waals surface area contributed by atoms with Gasteiger partial charge in [0.1, 0.15) is 17.9 Å². The fourth-order valence-corrected chi connectivity index (χ4v) is 3.05. The minimum Gasteiger partial charge on any atom is -0.489 e. The highest BCUT2D eigenvalue weighted by atomic mass is 16.5. The van der Waals surface area contributed by atoms with Gasteiger partial charge < -0.3 is 9.15 Å². The van der Waals surface area contributed by atoms with Crippen molar-refractivity contribution >= 4 is 11.1 Å². The zero-order valence-electron chi connectivity index (χ0n) is 15.9. The van der Waals surface area contributed by atoms with Crippen LogP contribution in [0.15, 0.2) is 71.1 Å². The molecule has 0 radical (unpaired) electrons. The Morgan fingerprint density at radius 3 is 2.48 bits per heavy atom. The first-order valence-corrected chi connectivity index (χ1v) is 9.28. The van der Waals surface area contributed by atoms with Crippen LogP contribution < -0.4 is 4.74 Å². The average Bonchev–Trinajstić information content (AvgIpc) is 3.11. The van der Waals surface area contributed by atoms with Crippen LogP contribution in [0.25, 0.3) is 22.6 Å². The highest BCUT2D eigenvalue weighted by molar-refractivity contribution is 5.77. The second kappa shape index (κ2) is 7.28. The van der Waals surface area contributed by atoms with Gasteiger partial charge in [0, 0.05) is 5.56 Å². The van der Waals surface area contributed by atoms with Crippen molar-refractivity contribution in [2.45, 2.75) is 33.3 Å². The standard InChI is InChI=1S/C24H23NO2/c1-16(2)19-10-13-23-22(14-19)25-24(27-23)18-8-11-21(12-9-18)26-15-20-7-5-4-6-17(20)3/h4-14,16H,15H2,1-3H3. The van der Waals surface area contributed by atoms with E-state index in [0.717, 1.165) is 22.4 Å².